The van der Waals surface area contributed by atoms with Gasteiger partial charge < -0.3 is 0 Å². The van der Waals surface area contributed by atoms with Crippen molar-refractivity contribution in [3.8, 4) is 0 Å². The molecule has 0 bridgehead atoms. The van der Waals surface area contributed by atoms with Crippen molar-refractivity contribution in [2.75, 3.05) is 0 Å². The summed E-state index contributed by atoms with van der Waals surface area (Å²) in [5.74, 6) is 0. The fraction of sp³-hybridized carbons (Fsp3) is 0. The molecule has 0 saturated carbocycles. The fourth-order valence-corrected chi connectivity index (χ4v) is 0. The molecule has 0 aromatic carbocycles. The Morgan fingerprint density at radius 3 is 0.500 bits per heavy atom. The molecular weight excluding hydrogens is 189 g/mol. The summed E-state index contributed by atoms with van der Waals surface area (Å²) in [4.78, 5) is 0. The maximum absolute atomic E-state index is 0. The zero-order valence-corrected chi connectivity index (χ0v) is 6.80. The molecule has 4 heavy (non-hydrogen) atoms. The van der Waals surface area contributed by atoms with E-state index in [9.17, 15) is 0 Å². The minimum atomic E-state index is 0. The molecule has 0 aliphatic rings. The molecular formula is MgMn3. The Bertz CT molecular complexity index is 3.25. The molecule has 0 spiro atoms. The maximum atomic E-state index is 0. The van der Waals surface area contributed by atoms with Crippen LogP contribution in [0.4, 0.5) is 0 Å². The van der Waals surface area contributed by atoms with E-state index in [0.717, 1.165) is 0 Å². The van der Waals surface area contributed by atoms with Gasteiger partial charge in [0, 0.05) is 74.3 Å². The van der Waals surface area contributed by atoms with E-state index in [-0.39, 0.29) is 74.3 Å². The van der Waals surface area contributed by atoms with Crippen molar-refractivity contribution in [1.82, 2.24) is 0 Å². The van der Waals surface area contributed by atoms with Crippen LogP contribution in [-0.4, -0.2) is 23.1 Å². The second kappa shape index (κ2) is 18.4. The van der Waals surface area contributed by atoms with Crippen molar-refractivity contribution >= 4 is 23.1 Å². The Morgan fingerprint density at radius 1 is 0.500 bits per heavy atom. The molecule has 0 aliphatic carbocycles. The molecule has 0 aliphatic heterocycles. The van der Waals surface area contributed by atoms with Gasteiger partial charge in [-0.3, -0.25) is 0 Å². The molecule has 0 fully saturated rings. The third kappa shape index (κ3) is 8.85. The quantitative estimate of drug-likeness (QED) is 0.455. The van der Waals surface area contributed by atoms with Crippen LogP contribution in [0.3, 0.4) is 0 Å². The van der Waals surface area contributed by atoms with Gasteiger partial charge in [-0.2, -0.15) is 0 Å². The zero-order valence-electron chi connectivity index (χ0n) is 1.84. The first-order valence-corrected chi connectivity index (χ1v) is 0. The summed E-state index contributed by atoms with van der Waals surface area (Å²) < 4.78 is 0. The van der Waals surface area contributed by atoms with Gasteiger partial charge in [-0.15, -0.1) is 0 Å². The van der Waals surface area contributed by atoms with E-state index >= 15 is 0 Å². The first-order valence-electron chi connectivity index (χ1n) is 0. The Kier molecular flexibility index (Phi) is 153. The summed E-state index contributed by atoms with van der Waals surface area (Å²) in [5, 5.41) is 0. The number of hydrogen-bond donors (Lipinski definition) is 0. The Labute approximate surface area is 73.4 Å². The summed E-state index contributed by atoms with van der Waals surface area (Å²) in [6.07, 6.45) is 0. The molecule has 0 aromatic heterocycles. The largest absolute Gasteiger partial charge is 0 e. The Morgan fingerprint density at radius 2 is 0.500 bits per heavy atom. The van der Waals surface area contributed by atoms with E-state index in [4.69, 9.17) is 0 Å². The van der Waals surface area contributed by atoms with Crippen LogP contribution in [0.15, 0.2) is 0 Å². The SMILES string of the molecule is [Mg].[Mn].[Mn].[Mn]. The summed E-state index contributed by atoms with van der Waals surface area (Å²) >= 11 is 0. The van der Waals surface area contributed by atoms with Gasteiger partial charge in [0.05, 0.1) is 0 Å². The molecule has 4 heteroatoms. The van der Waals surface area contributed by atoms with Crippen molar-refractivity contribution in [2.45, 2.75) is 0 Å². The van der Waals surface area contributed by atoms with Gasteiger partial charge in [-0.25, -0.2) is 0 Å². The van der Waals surface area contributed by atoms with E-state index in [0.29, 0.717) is 0 Å². The zero-order chi connectivity index (χ0) is 0. The summed E-state index contributed by atoms with van der Waals surface area (Å²) in [6.45, 7) is 0. The summed E-state index contributed by atoms with van der Waals surface area (Å²) in [7, 11) is 0. The molecule has 0 aromatic rings. The summed E-state index contributed by atoms with van der Waals surface area (Å²) in [5.41, 5.74) is 0. The molecule has 5 radical (unpaired) electrons. The average Bonchev–Trinajstić information content (AvgIpc) is 0. The Hall–Kier alpha value is 2.32. The monoisotopic (exact) mass is 189 g/mol. The third-order valence-corrected chi connectivity index (χ3v) is 0. The predicted octanol–water partition coefficient (Wildman–Crippen LogP) is -0.388. The second-order valence-corrected chi connectivity index (χ2v) is 0. The van der Waals surface area contributed by atoms with Crippen molar-refractivity contribution in [3.63, 3.8) is 0 Å². The van der Waals surface area contributed by atoms with E-state index in [1.807, 2.05) is 0 Å². The summed E-state index contributed by atoms with van der Waals surface area (Å²) in [6, 6.07) is 0. The van der Waals surface area contributed by atoms with Crippen molar-refractivity contribution in [2.24, 2.45) is 0 Å². The molecule has 0 heterocycles. The second-order valence-electron chi connectivity index (χ2n) is 0. The van der Waals surface area contributed by atoms with Gasteiger partial charge in [0.15, 0.2) is 0 Å². The van der Waals surface area contributed by atoms with Crippen LogP contribution < -0.4 is 0 Å². The van der Waals surface area contributed by atoms with E-state index < -0.39 is 0 Å². The minimum Gasteiger partial charge on any atom is 0 e. The van der Waals surface area contributed by atoms with Gasteiger partial charge in [-0.1, -0.05) is 0 Å². The van der Waals surface area contributed by atoms with Gasteiger partial charge in [0.2, 0.25) is 0 Å². The number of rotatable bonds is 0. The van der Waals surface area contributed by atoms with Crippen LogP contribution in [-0.2, 0) is 51.2 Å². The first kappa shape index (κ1) is 33.2. The van der Waals surface area contributed by atoms with E-state index in [1.165, 1.54) is 0 Å². The molecule has 0 unspecified atom stereocenters. The van der Waals surface area contributed by atoms with Crippen LogP contribution >= 0.6 is 0 Å². The van der Waals surface area contributed by atoms with Gasteiger partial charge in [-0.05, 0) is 0 Å². The van der Waals surface area contributed by atoms with E-state index in [2.05, 4.69) is 0 Å². The topological polar surface area (TPSA) is 0 Å². The van der Waals surface area contributed by atoms with Crippen molar-refractivity contribution in [3.05, 3.63) is 0 Å². The van der Waals surface area contributed by atoms with Gasteiger partial charge >= 0.3 is 0 Å². The van der Waals surface area contributed by atoms with Crippen molar-refractivity contribution in [1.29, 1.82) is 0 Å². The number of hydrogen-bond acceptors (Lipinski definition) is 0. The molecule has 0 N–H and O–H groups in total. The molecule has 0 saturated heterocycles. The molecule has 0 atom stereocenters. The smallest absolute Gasteiger partial charge is 0 e. The van der Waals surface area contributed by atoms with E-state index in [1.54, 1.807) is 0 Å². The van der Waals surface area contributed by atoms with Gasteiger partial charge in [0.25, 0.3) is 0 Å². The van der Waals surface area contributed by atoms with Crippen LogP contribution in [0.5, 0.6) is 0 Å². The van der Waals surface area contributed by atoms with Crippen LogP contribution in [0.1, 0.15) is 0 Å². The van der Waals surface area contributed by atoms with Crippen LogP contribution in [0, 0.1) is 0 Å². The average molecular weight is 189 g/mol. The molecule has 0 rings (SSSR count). The maximum Gasteiger partial charge on any atom is 0 e. The Balaban J connectivity index is 0. The predicted molar refractivity (Wildman–Crippen MR) is 5.75 cm³/mol. The van der Waals surface area contributed by atoms with Crippen LogP contribution in [0.2, 0.25) is 0 Å². The van der Waals surface area contributed by atoms with Gasteiger partial charge in [0.1, 0.15) is 0 Å². The first-order chi connectivity index (χ1) is 0. The fourth-order valence-electron chi connectivity index (χ4n) is 0. The van der Waals surface area contributed by atoms with Crippen LogP contribution in [0.25, 0.3) is 0 Å². The minimum absolute atomic E-state index is 0. The normalized spacial score (nSPS) is 0. The third-order valence-electron chi connectivity index (χ3n) is 0. The molecule has 0 nitrogen and oxygen atoms in total. The molecule has 23 valence electrons. The molecule has 0 amide bonds. The standard InChI is InChI=1S/Mg.3Mn. The van der Waals surface area contributed by atoms with Crippen molar-refractivity contribution < 1.29 is 51.2 Å².